The van der Waals surface area contributed by atoms with Crippen molar-refractivity contribution >= 4 is 23.7 Å². The fraction of sp³-hybridized carbons (Fsp3) is 0.312. The molecule has 0 spiro atoms. The summed E-state index contributed by atoms with van der Waals surface area (Å²) in [6.07, 6.45) is 3.45. The Kier molecular flexibility index (Phi) is 3.98. The number of rotatable bonds is 4. The summed E-state index contributed by atoms with van der Waals surface area (Å²) < 4.78 is 1.67. The Balaban J connectivity index is 1.81. The van der Waals surface area contributed by atoms with Crippen LogP contribution in [0.1, 0.15) is 29.7 Å². The molecule has 0 saturated heterocycles. The molecule has 0 bridgehead atoms. The van der Waals surface area contributed by atoms with E-state index in [1.54, 1.807) is 10.9 Å². The Morgan fingerprint density at radius 3 is 2.68 bits per heavy atom. The number of carbonyl (C=O) groups is 1. The molecule has 0 atom stereocenters. The number of halogens is 1. The van der Waals surface area contributed by atoms with E-state index in [1.165, 1.54) is 5.56 Å². The van der Waals surface area contributed by atoms with E-state index in [2.05, 4.69) is 15.6 Å². The van der Waals surface area contributed by atoms with E-state index in [9.17, 15) is 4.79 Å². The van der Waals surface area contributed by atoms with E-state index in [-0.39, 0.29) is 11.8 Å². The van der Waals surface area contributed by atoms with Crippen LogP contribution in [0.15, 0.2) is 29.4 Å². The van der Waals surface area contributed by atoms with E-state index in [4.69, 9.17) is 11.6 Å². The summed E-state index contributed by atoms with van der Waals surface area (Å²) in [6, 6.07) is 7.94. The molecule has 1 aliphatic rings. The molecule has 1 aromatic heterocycles. The minimum atomic E-state index is -0.0315. The second kappa shape index (κ2) is 5.93. The molecular formula is C16H17ClN4O. The highest BCUT2D eigenvalue weighted by Crippen LogP contribution is 2.28. The second-order valence-corrected chi connectivity index (χ2v) is 5.90. The molecule has 1 amide bonds. The fourth-order valence-corrected chi connectivity index (χ4v) is 2.43. The molecule has 0 unspecified atom stereocenters. The Bertz CT molecular complexity index is 729. The lowest BCUT2D eigenvalue weighted by atomic mass is 10.2. The standard InChI is InChI=1S/C16H17ClN4O/c1-10-3-7-13(8-4-10)21-15(17)14(11(2)20-21)9-18-19-16(22)12-5-6-12/h3-4,7-9,12H,5-6H2,1-2H3,(H,19,22)/b18-9-. The van der Waals surface area contributed by atoms with Crippen molar-refractivity contribution in [1.82, 2.24) is 15.2 Å². The molecule has 114 valence electrons. The van der Waals surface area contributed by atoms with Crippen LogP contribution in [0.4, 0.5) is 0 Å². The number of aromatic nitrogens is 2. The summed E-state index contributed by atoms with van der Waals surface area (Å²) in [7, 11) is 0. The number of nitrogens with one attached hydrogen (secondary N) is 1. The highest BCUT2D eigenvalue weighted by Gasteiger charge is 2.29. The third-order valence-corrected chi connectivity index (χ3v) is 4.01. The molecule has 3 rings (SSSR count). The normalized spacial score (nSPS) is 14.5. The number of aryl methyl sites for hydroxylation is 2. The zero-order valence-corrected chi connectivity index (χ0v) is 13.3. The van der Waals surface area contributed by atoms with Gasteiger partial charge in [-0.1, -0.05) is 29.3 Å². The van der Waals surface area contributed by atoms with Crippen molar-refractivity contribution < 1.29 is 4.79 Å². The lowest BCUT2D eigenvalue weighted by Gasteiger charge is -2.03. The summed E-state index contributed by atoms with van der Waals surface area (Å²) in [6.45, 7) is 3.89. The van der Waals surface area contributed by atoms with Gasteiger partial charge < -0.3 is 0 Å². The van der Waals surface area contributed by atoms with Gasteiger partial charge in [0.2, 0.25) is 5.91 Å². The van der Waals surface area contributed by atoms with Crippen molar-refractivity contribution in [2.75, 3.05) is 0 Å². The average Bonchev–Trinajstić information content (AvgIpc) is 3.30. The predicted molar refractivity (Wildman–Crippen MR) is 86.5 cm³/mol. The number of nitrogens with zero attached hydrogens (tertiary/aromatic N) is 3. The van der Waals surface area contributed by atoms with Crippen molar-refractivity contribution in [2.45, 2.75) is 26.7 Å². The number of hydrogen-bond donors (Lipinski definition) is 1. The Morgan fingerprint density at radius 1 is 1.36 bits per heavy atom. The number of hydrazone groups is 1. The Morgan fingerprint density at radius 2 is 2.05 bits per heavy atom. The minimum Gasteiger partial charge on any atom is -0.273 e. The van der Waals surface area contributed by atoms with Gasteiger partial charge in [-0.05, 0) is 38.8 Å². The fourth-order valence-electron chi connectivity index (χ4n) is 2.11. The van der Waals surface area contributed by atoms with Crippen LogP contribution >= 0.6 is 11.6 Å². The minimum absolute atomic E-state index is 0.0315. The van der Waals surface area contributed by atoms with Crippen molar-refractivity contribution in [1.29, 1.82) is 0 Å². The van der Waals surface area contributed by atoms with E-state index in [0.717, 1.165) is 24.2 Å². The maximum atomic E-state index is 11.5. The molecule has 22 heavy (non-hydrogen) atoms. The average molecular weight is 317 g/mol. The third-order valence-electron chi connectivity index (χ3n) is 3.64. The molecule has 6 heteroatoms. The van der Waals surface area contributed by atoms with Crippen molar-refractivity contribution in [3.63, 3.8) is 0 Å². The number of benzene rings is 1. The maximum absolute atomic E-state index is 11.5. The van der Waals surface area contributed by atoms with Gasteiger partial charge in [0.1, 0.15) is 5.15 Å². The summed E-state index contributed by atoms with van der Waals surface area (Å²) in [5.74, 6) is 0.0972. The van der Waals surface area contributed by atoms with Crippen LogP contribution in [0.2, 0.25) is 5.15 Å². The van der Waals surface area contributed by atoms with Gasteiger partial charge in [-0.25, -0.2) is 10.1 Å². The van der Waals surface area contributed by atoms with Gasteiger partial charge in [-0.15, -0.1) is 0 Å². The van der Waals surface area contributed by atoms with E-state index in [0.29, 0.717) is 10.7 Å². The first-order valence-corrected chi connectivity index (χ1v) is 7.59. The molecular weight excluding hydrogens is 300 g/mol. The molecule has 1 fully saturated rings. The molecule has 0 radical (unpaired) electrons. The van der Waals surface area contributed by atoms with Gasteiger partial charge in [-0.2, -0.15) is 10.2 Å². The first kappa shape index (κ1) is 14.8. The Hall–Kier alpha value is -2.14. The predicted octanol–water partition coefficient (Wildman–Crippen LogP) is 3.00. The topological polar surface area (TPSA) is 59.3 Å². The molecule has 1 saturated carbocycles. The summed E-state index contributed by atoms with van der Waals surface area (Å²) in [5, 5.41) is 8.90. The maximum Gasteiger partial charge on any atom is 0.243 e. The number of amides is 1. The Labute approximate surface area is 134 Å². The summed E-state index contributed by atoms with van der Waals surface area (Å²) >= 11 is 6.39. The van der Waals surface area contributed by atoms with E-state index < -0.39 is 0 Å². The molecule has 1 heterocycles. The van der Waals surface area contributed by atoms with Crippen LogP contribution in [0, 0.1) is 19.8 Å². The van der Waals surface area contributed by atoms with Crippen LogP contribution in [-0.2, 0) is 4.79 Å². The lowest BCUT2D eigenvalue weighted by Crippen LogP contribution is -2.19. The van der Waals surface area contributed by atoms with Gasteiger partial charge in [0, 0.05) is 5.92 Å². The molecule has 2 aromatic rings. The summed E-state index contributed by atoms with van der Waals surface area (Å²) in [5.41, 5.74) is 6.07. The van der Waals surface area contributed by atoms with Crippen LogP contribution in [-0.4, -0.2) is 21.9 Å². The molecule has 1 aliphatic carbocycles. The zero-order valence-electron chi connectivity index (χ0n) is 12.5. The largest absolute Gasteiger partial charge is 0.273 e. The molecule has 1 N–H and O–H groups in total. The molecule has 0 aliphatic heterocycles. The quantitative estimate of drug-likeness (QED) is 0.696. The first-order chi connectivity index (χ1) is 10.6. The zero-order chi connectivity index (χ0) is 15.7. The van der Waals surface area contributed by atoms with Crippen molar-refractivity contribution in [3.05, 3.63) is 46.2 Å². The van der Waals surface area contributed by atoms with E-state index in [1.807, 2.05) is 38.1 Å². The second-order valence-electron chi connectivity index (χ2n) is 5.55. The molecule has 5 nitrogen and oxygen atoms in total. The SMILES string of the molecule is Cc1ccc(-n2nc(C)c(/C=N\NC(=O)C3CC3)c2Cl)cc1. The first-order valence-electron chi connectivity index (χ1n) is 7.21. The number of carbonyl (C=O) groups excluding carboxylic acids is 1. The smallest absolute Gasteiger partial charge is 0.243 e. The van der Waals surface area contributed by atoms with Gasteiger partial charge in [0.25, 0.3) is 0 Å². The highest BCUT2D eigenvalue weighted by atomic mass is 35.5. The van der Waals surface area contributed by atoms with Crippen LogP contribution in [0.25, 0.3) is 5.69 Å². The van der Waals surface area contributed by atoms with Gasteiger partial charge in [-0.3, -0.25) is 4.79 Å². The molecule has 1 aromatic carbocycles. The van der Waals surface area contributed by atoms with Crippen molar-refractivity contribution in [2.24, 2.45) is 11.0 Å². The van der Waals surface area contributed by atoms with Crippen LogP contribution in [0.3, 0.4) is 0 Å². The highest BCUT2D eigenvalue weighted by molar-refractivity contribution is 6.32. The van der Waals surface area contributed by atoms with Gasteiger partial charge in [0.05, 0.1) is 23.2 Å². The number of hydrogen-bond acceptors (Lipinski definition) is 3. The van der Waals surface area contributed by atoms with Crippen LogP contribution < -0.4 is 5.43 Å². The third kappa shape index (κ3) is 3.04. The van der Waals surface area contributed by atoms with Gasteiger partial charge in [0.15, 0.2) is 0 Å². The van der Waals surface area contributed by atoms with Crippen molar-refractivity contribution in [3.8, 4) is 5.69 Å². The lowest BCUT2D eigenvalue weighted by molar-refractivity contribution is -0.122. The van der Waals surface area contributed by atoms with E-state index >= 15 is 0 Å². The summed E-state index contributed by atoms with van der Waals surface area (Å²) in [4.78, 5) is 11.5. The van der Waals surface area contributed by atoms with Gasteiger partial charge >= 0.3 is 0 Å². The van der Waals surface area contributed by atoms with Crippen LogP contribution in [0.5, 0.6) is 0 Å². The monoisotopic (exact) mass is 316 g/mol.